The summed E-state index contributed by atoms with van der Waals surface area (Å²) in [6.45, 7) is 7.80. The van der Waals surface area contributed by atoms with Crippen molar-refractivity contribution in [2.75, 3.05) is 31.1 Å². The Labute approximate surface area is 155 Å². The Hall–Kier alpha value is -1.62. The van der Waals surface area contributed by atoms with Crippen LogP contribution in [-0.4, -0.2) is 49.1 Å². The van der Waals surface area contributed by atoms with E-state index in [1.54, 1.807) is 19.1 Å². The van der Waals surface area contributed by atoms with Crippen molar-refractivity contribution in [1.82, 2.24) is 10.2 Å². The summed E-state index contributed by atoms with van der Waals surface area (Å²) in [7, 11) is 0. The third-order valence-corrected chi connectivity index (χ3v) is 6.49. The minimum atomic E-state index is -0.159. The summed E-state index contributed by atoms with van der Waals surface area (Å²) in [5.74, 6) is 1.40. The highest BCUT2D eigenvalue weighted by atomic mass is 19.1. The van der Waals surface area contributed by atoms with Crippen LogP contribution in [0.2, 0.25) is 0 Å². The Morgan fingerprint density at radius 3 is 2.50 bits per heavy atom. The molecule has 0 radical (unpaired) electrons. The number of piperidine rings is 1. The predicted octanol–water partition coefficient (Wildman–Crippen LogP) is 2.95. The molecule has 4 nitrogen and oxygen atoms in total. The molecule has 0 bridgehead atoms. The van der Waals surface area contributed by atoms with Crippen LogP contribution in [0, 0.1) is 24.6 Å². The normalized spacial score (nSPS) is 27.7. The minimum Gasteiger partial charge on any atom is -0.371 e. The molecule has 0 aromatic heterocycles. The first-order chi connectivity index (χ1) is 12.5. The van der Waals surface area contributed by atoms with Crippen LogP contribution >= 0.6 is 0 Å². The van der Waals surface area contributed by atoms with Gasteiger partial charge in [0.2, 0.25) is 5.91 Å². The molecule has 3 fully saturated rings. The largest absolute Gasteiger partial charge is 0.371 e. The third-order valence-electron chi connectivity index (χ3n) is 6.49. The zero-order chi connectivity index (χ0) is 18.3. The number of carbonyl (C=O) groups is 1. The maximum Gasteiger partial charge on any atom is 0.217 e. The van der Waals surface area contributed by atoms with Crippen molar-refractivity contribution in [2.24, 2.45) is 11.8 Å². The molecule has 2 atom stereocenters. The summed E-state index contributed by atoms with van der Waals surface area (Å²) in [6.07, 6.45) is 4.94. The molecule has 142 valence electrons. The molecule has 1 aromatic rings. The van der Waals surface area contributed by atoms with Crippen LogP contribution in [0.3, 0.4) is 0 Å². The smallest absolute Gasteiger partial charge is 0.217 e. The van der Waals surface area contributed by atoms with Gasteiger partial charge in [0.15, 0.2) is 0 Å². The number of hydrogen-bond acceptors (Lipinski definition) is 3. The number of carbonyl (C=O) groups excluding carboxylic acids is 1. The van der Waals surface area contributed by atoms with Crippen molar-refractivity contribution in [3.05, 3.63) is 29.6 Å². The number of amides is 1. The lowest BCUT2D eigenvalue weighted by Crippen LogP contribution is -2.45. The molecule has 1 aliphatic carbocycles. The Morgan fingerprint density at radius 2 is 1.88 bits per heavy atom. The van der Waals surface area contributed by atoms with Gasteiger partial charge in [0.05, 0.1) is 0 Å². The van der Waals surface area contributed by atoms with Crippen LogP contribution < -0.4 is 10.2 Å². The number of likely N-dealkylation sites (tertiary alicyclic amines) is 1. The molecular weight excluding hydrogens is 329 g/mol. The van der Waals surface area contributed by atoms with Crippen molar-refractivity contribution >= 4 is 11.6 Å². The molecule has 1 saturated carbocycles. The molecule has 1 amide bonds. The van der Waals surface area contributed by atoms with Crippen molar-refractivity contribution in [3.63, 3.8) is 0 Å². The number of benzene rings is 1. The van der Waals surface area contributed by atoms with Crippen LogP contribution in [0.4, 0.5) is 10.1 Å². The van der Waals surface area contributed by atoms with Gasteiger partial charge in [-0.3, -0.25) is 9.69 Å². The SMILES string of the molecule is CC(=O)N[C@@H]1CN(C2CCN(c3ccc(F)cc3C)CC2)C[C@H]1C1CC1. The number of hydrogen-bond donors (Lipinski definition) is 1. The Kier molecular flexibility index (Phi) is 4.91. The van der Waals surface area contributed by atoms with Gasteiger partial charge in [0.25, 0.3) is 0 Å². The molecule has 1 aromatic carbocycles. The van der Waals surface area contributed by atoms with Crippen LogP contribution in [-0.2, 0) is 4.79 Å². The zero-order valence-electron chi connectivity index (χ0n) is 15.9. The fraction of sp³-hybridized carbons (Fsp3) is 0.667. The fourth-order valence-corrected chi connectivity index (χ4v) is 5.02. The molecule has 3 aliphatic rings. The molecule has 4 rings (SSSR count). The molecular formula is C21H30FN3O. The summed E-state index contributed by atoms with van der Waals surface area (Å²) in [4.78, 5) is 16.6. The number of rotatable bonds is 4. The van der Waals surface area contributed by atoms with Crippen LogP contribution in [0.5, 0.6) is 0 Å². The van der Waals surface area contributed by atoms with Gasteiger partial charge in [-0.05, 0) is 68.2 Å². The van der Waals surface area contributed by atoms with Crippen LogP contribution in [0.15, 0.2) is 18.2 Å². The first kappa shape index (κ1) is 17.8. The van der Waals surface area contributed by atoms with E-state index < -0.39 is 0 Å². The van der Waals surface area contributed by atoms with Gasteiger partial charge >= 0.3 is 0 Å². The summed E-state index contributed by atoms with van der Waals surface area (Å²) < 4.78 is 13.4. The fourth-order valence-electron chi connectivity index (χ4n) is 5.02. The van der Waals surface area contributed by atoms with Gasteiger partial charge in [-0.15, -0.1) is 0 Å². The summed E-state index contributed by atoms with van der Waals surface area (Å²) in [6, 6.07) is 6.04. The lowest BCUT2D eigenvalue weighted by atomic mass is 9.98. The van der Waals surface area contributed by atoms with E-state index in [1.807, 2.05) is 13.0 Å². The second kappa shape index (κ2) is 7.18. The Bertz CT molecular complexity index is 667. The monoisotopic (exact) mass is 359 g/mol. The van der Waals surface area contributed by atoms with Gasteiger partial charge in [0.1, 0.15) is 5.82 Å². The van der Waals surface area contributed by atoms with E-state index in [0.29, 0.717) is 18.0 Å². The van der Waals surface area contributed by atoms with E-state index in [9.17, 15) is 9.18 Å². The summed E-state index contributed by atoms with van der Waals surface area (Å²) in [5.41, 5.74) is 2.18. The van der Waals surface area contributed by atoms with Gasteiger partial charge < -0.3 is 10.2 Å². The quantitative estimate of drug-likeness (QED) is 0.898. The van der Waals surface area contributed by atoms with Crippen molar-refractivity contribution in [2.45, 2.75) is 51.6 Å². The Morgan fingerprint density at radius 1 is 1.15 bits per heavy atom. The number of anilines is 1. The number of nitrogens with zero attached hydrogens (tertiary/aromatic N) is 2. The van der Waals surface area contributed by atoms with Gasteiger partial charge in [-0.25, -0.2) is 4.39 Å². The highest BCUT2D eigenvalue weighted by Gasteiger charge is 2.44. The number of halogens is 1. The summed E-state index contributed by atoms with van der Waals surface area (Å²) >= 11 is 0. The molecule has 26 heavy (non-hydrogen) atoms. The average molecular weight is 359 g/mol. The third kappa shape index (κ3) is 3.73. The van der Waals surface area contributed by atoms with Crippen molar-refractivity contribution < 1.29 is 9.18 Å². The number of aryl methyl sites for hydroxylation is 1. The van der Waals surface area contributed by atoms with Gasteiger partial charge in [0, 0.05) is 50.9 Å². The van der Waals surface area contributed by atoms with Crippen molar-refractivity contribution in [3.8, 4) is 0 Å². The average Bonchev–Trinajstić information content (AvgIpc) is 3.36. The van der Waals surface area contributed by atoms with E-state index in [2.05, 4.69) is 15.1 Å². The maximum atomic E-state index is 13.4. The first-order valence-corrected chi connectivity index (χ1v) is 10.0. The van der Waals surface area contributed by atoms with Gasteiger partial charge in [-0.2, -0.15) is 0 Å². The van der Waals surface area contributed by atoms with Crippen molar-refractivity contribution in [1.29, 1.82) is 0 Å². The molecule has 2 aliphatic heterocycles. The minimum absolute atomic E-state index is 0.101. The highest BCUT2D eigenvalue weighted by molar-refractivity contribution is 5.73. The van der Waals surface area contributed by atoms with E-state index in [4.69, 9.17) is 0 Å². The van der Waals surface area contributed by atoms with Gasteiger partial charge in [-0.1, -0.05) is 0 Å². The predicted molar refractivity (Wildman–Crippen MR) is 102 cm³/mol. The second-order valence-electron chi connectivity index (χ2n) is 8.41. The zero-order valence-corrected chi connectivity index (χ0v) is 15.9. The Balaban J connectivity index is 1.36. The topological polar surface area (TPSA) is 35.6 Å². The molecule has 0 spiro atoms. The van der Waals surface area contributed by atoms with E-state index in [1.165, 1.54) is 18.5 Å². The lowest BCUT2D eigenvalue weighted by molar-refractivity contribution is -0.119. The lowest BCUT2D eigenvalue weighted by Gasteiger charge is -2.38. The molecule has 2 heterocycles. The molecule has 2 saturated heterocycles. The van der Waals surface area contributed by atoms with E-state index >= 15 is 0 Å². The first-order valence-electron chi connectivity index (χ1n) is 10.0. The van der Waals surface area contributed by atoms with Crippen LogP contribution in [0.1, 0.15) is 38.2 Å². The molecule has 5 heteroatoms. The maximum absolute atomic E-state index is 13.4. The van der Waals surface area contributed by atoms with E-state index in [0.717, 1.165) is 50.5 Å². The van der Waals surface area contributed by atoms with E-state index in [-0.39, 0.29) is 11.7 Å². The second-order valence-corrected chi connectivity index (χ2v) is 8.41. The molecule has 1 N–H and O–H groups in total. The van der Waals surface area contributed by atoms with Crippen LogP contribution in [0.25, 0.3) is 0 Å². The summed E-state index contributed by atoms with van der Waals surface area (Å²) in [5, 5.41) is 3.20. The highest BCUT2D eigenvalue weighted by Crippen LogP contribution is 2.42. The standard InChI is InChI=1S/C21H30FN3O/c1-14-11-17(22)5-6-21(14)24-9-7-18(8-10-24)25-12-19(16-3-4-16)20(13-25)23-15(2)26/h5-6,11,16,18-20H,3-4,7-10,12-13H2,1-2H3,(H,23,26)/t19-,20+/m0/s1. The number of nitrogens with one attached hydrogen (secondary N) is 1. The molecule has 0 unspecified atom stereocenters.